The fourth-order valence-corrected chi connectivity index (χ4v) is 6.10. The van der Waals surface area contributed by atoms with Gasteiger partial charge in [-0.3, -0.25) is 4.90 Å². The van der Waals surface area contributed by atoms with E-state index in [1.54, 1.807) is 4.31 Å². The summed E-state index contributed by atoms with van der Waals surface area (Å²) in [7, 11) is -1.10. The second-order valence-corrected chi connectivity index (χ2v) is 9.55. The van der Waals surface area contributed by atoms with Crippen LogP contribution in [-0.4, -0.2) is 91.3 Å². The number of likely N-dealkylation sites (N-methyl/N-ethyl adjacent to an activating group) is 1. The predicted octanol–water partition coefficient (Wildman–Crippen LogP) is -0.0570. The zero-order valence-corrected chi connectivity index (χ0v) is 14.4. The first kappa shape index (κ1) is 16.6. The van der Waals surface area contributed by atoms with E-state index in [0.29, 0.717) is 19.5 Å². The van der Waals surface area contributed by atoms with Gasteiger partial charge in [-0.1, -0.05) is 12.8 Å². The standard InChI is InChI=1S/C15H29N3O3S/c1-16-8-10-17(11-9-16)12-15(19)6-7-18(13-15)22(20,21)14-4-2-3-5-14/h14,19H,2-13H2,1H3/t15-/m1/s1. The number of nitrogens with zero attached hydrogens (tertiary/aromatic N) is 3. The van der Waals surface area contributed by atoms with Crippen molar-refractivity contribution in [2.75, 3.05) is 52.9 Å². The van der Waals surface area contributed by atoms with E-state index in [0.717, 1.165) is 51.9 Å². The number of hydrogen-bond acceptors (Lipinski definition) is 5. The lowest BCUT2D eigenvalue weighted by Crippen LogP contribution is -2.52. The minimum Gasteiger partial charge on any atom is -0.387 e. The molecule has 0 bridgehead atoms. The molecule has 0 aromatic rings. The highest BCUT2D eigenvalue weighted by molar-refractivity contribution is 7.89. The molecule has 1 aliphatic carbocycles. The Morgan fingerprint density at radius 2 is 1.73 bits per heavy atom. The third kappa shape index (κ3) is 3.48. The molecule has 2 heterocycles. The number of β-amino-alcohol motifs (C(OH)–C–C–N with tert-alkyl or cyclic N) is 1. The molecule has 3 aliphatic rings. The second kappa shape index (κ2) is 6.36. The zero-order valence-electron chi connectivity index (χ0n) is 13.6. The van der Waals surface area contributed by atoms with Gasteiger partial charge < -0.3 is 10.0 Å². The molecule has 1 saturated carbocycles. The fraction of sp³-hybridized carbons (Fsp3) is 1.00. The van der Waals surface area contributed by atoms with E-state index in [1.165, 1.54) is 0 Å². The normalized spacial score (nSPS) is 33.7. The molecule has 1 N–H and O–H groups in total. The average molecular weight is 331 g/mol. The van der Waals surface area contributed by atoms with Gasteiger partial charge >= 0.3 is 0 Å². The Hall–Kier alpha value is -0.210. The molecule has 3 fully saturated rings. The Balaban J connectivity index is 1.58. The van der Waals surface area contributed by atoms with Crippen molar-refractivity contribution in [1.29, 1.82) is 0 Å². The first-order chi connectivity index (χ1) is 10.4. The van der Waals surface area contributed by atoms with Crippen LogP contribution in [-0.2, 0) is 10.0 Å². The molecule has 0 aromatic heterocycles. The lowest BCUT2D eigenvalue weighted by atomic mass is 10.0. The molecular formula is C15H29N3O3S. The Morgan fingerprint density at radius 3 is 2.36 bits per heavy atom. The van der Waals surface area contributed by atoms with Gasteiger partial charge in [0.2, 0.25) is 10.0 Å². The highest BCUT2D eigenvalue weighted by atomic mass is 32.2. The average Bonchev–Trinajstić information content (AvgIpc) is 3.12. The van der Waals surface area contributed by atoms with E-state index in [-0.39, 0.29) is 11.8 Å². The Bertz CT molecular complexity index is 484. The molecule has 0 radical (unpaired) electrons. The van der Waals surface area contributed by atoms with Crippen LogP contribution < -0.4 is 0 Å². The summed E-state index contributed by atoms with van der Waals surface area (Å²) in [6.07, 6.45) is 4.17. The second-order valence-electron chi connectivity index (χ2n) is 7.34. The van der Waals surface area contributed by atoms with E-state index in [2.05, 4.69) is 16.8 Å². The molecule has 2 aliphatic heterocycles. The molecule has 1 atom stereocenters. The molecule has 3 rings (SSSR count). The van der Waals surface area contributed by atoms with Crippen LogP contribution in [0, 0.1) is 0 Å². The molecule has 7 heteroatoms. The maximum atomic E-state index is 12.7. The largest absolute Gasteiger partial charge is 0.387 e. The topological polar surface area (TPSA) is 64.1 Å². The SMILES string of the molecule is CN1CCN(C[C@]2(O)CCN(S(=O)(=O)C3CCCC3)C2)CC1. The molecular weight excluding hydrogens is 302 g/mol. The van der Waals surface area contributed by atoms with Gasteiger partial charge in [-0.25, -0.2) is 8.42 Å². The Morgan fingerprint density at radius 1 is 1.09 bits per heavy atom. The van der Waals surface area contributed by atoms with Gasteiger partial charge in [-0.2, -0.15) is 4.31 Å². The van der Waals surface area contributed by atoms with Crippen molar-refractivity contribution in [3.8, 4) is 0 Å². The maximum Gasteiger partial charge on any atom is 0.217 e. The first-order valence-corrected chi connectivity index (χ1v) is 10.0. The van der Waals surface area contributed by atoms with Crippen LogP contribution in [0.25, 0.3) is 0 Å². The quantitative estimate of drug-likeness (QED) is 0.782. The molecule has 0 unspecified atom stereocenters. The number of hydrogen-bond donors (Lipinski definition) is 1. The zero-order chi connectivity index (χ0) is 15.8. The van der Waals surface area contributed by atoms with E-state index in [4.69, 9.17) is 0 Å². The lowest BCUT2D eigenvalue weighted by molar-refractivity contribution is 0.00421. The van der Waals surface area contributed by atoms with Crippen LogP contribution in [0.2, 0.25) is 0 Å². The van der Waals surface area contributed by atoms with Crippen LogP contribution in [0.4, 0.5) is 0 Å². The van der Waals surface area contributed by atoms with Gasteiger partial charge in [-0.15, -0.1) is 0 Å². The molecule has 0 amide bonds. The fourth-order valence-electron chi connectivity index (χ4n) is 3.98. The van der Waals surface area contributed by atoms with Crippen LogP contribution >= 0.6 is 0 Å². The summed E-state index contributed by atoms with van der Waals surface area (Å²) in [5.41, 5.74) is -0.873. The van der Waals surface area contributed by atoms with Gasteiger partial charge in [-0.05, 0) is 26.3 Å². The van der Waals surface area contributed by atoms with Crippen molar-refractivity contribution in [3.05, 3.63) is 0 Å². The third-order valence-corrected chi connectivity index (χ3v) is 7.84. The van der Waals surface area contributed by atoms with Crippen molar-refractivity contribution in [2.45, 2.75) is 43.0 Å². The summed E-state index contributed by atoms with van der Waals surface area (Å²) in [4.78, 5) is 4.55. The van der Waals surface area contributed by atoms with Crippen molar-refractivity contribution in [2.24, 2.45) is 0 Å². The molecule has 6 nitrogen and oxygen atoms in total. The van der Waals surface area contributed by atoms with Crippen molar-refractivity contribution in [3.63, 3.8) is 0 Å². The molecule has 2 saturated heterocycles. The maximum absolute atomic E-state index is 12.7. The van der Waals surface area contributed by atoms with Crippen molar-refractivity contribution < 1.29 is 13.5 Å². The van der Waals surface area contributed by atoms with Gasteiger partial charge in [0, 0.05) is 45.8 Å². The van der Waals surface area contributed by atoms with Gasteiger partial charge in [0.1, 0.15) is 0 Å². The van der Waals surface area contributed by atoms with Gasteiger partial charge in [0.05, 0.1) is 10.9 Å². The minimum absolute atomic E-state index is 0.210. The molecule has 0 spiro atoms. The lowest BCUT2D eigenvalue weighted by Gasteiger charge is -2.36. The summed E-state index contributed by atoms with van der Waals surface area (Å²) in [5.74, 6) is 0. The predicted molar refractivity (Wildman–Crippen MR) is 86.3 cm³/mol. The molecule has 128 valence electrons. The van der Waals surface area contributed by atoms with Crippen molar-refractivity contribution >= 4 is 10.0 Å². The highest BCUT2D eigenvalue weighted by Gasteiger charge is 2.45. The number of aliphatic hydroxyl groups is 1. The van der Waals surface area contributed by atoms with Crippen LogP contribution in [0.15, 0.2) is 0 Å². The van der Waals surface area contributed by atoms with Gasteiger partial charge in [0.15, 0.2) is 0 Å². The smallest absolute Gasteiger partial charge is 0.217 e. The first-order valence-electron chi connectivity index (χ1n) is 8.51. The third-order valence-electron chi connectivity index (χ3n) is 5.49. The van der Waals surface area contributed by atoms with Crippen molar-refractivity contribution in [1.82, 2.24) is 14.1 Å². The summed E-state index contributed by atoms with van der Waals surface area (Å²) >= 11 is 0. The summed E-state index contributed by atoms with van der Waals surface area (Å²) in [6.45, 7) is 5.28. The van der Waals surface area contributed by atoms with Crippen LogP contribution in [0.1, 0.15) is 32.1 Å². The molecule has 0 aromatic carbocycles. The van der Waals surface area contributed by atoms with E-state index < -0.39 is 15.6 Å². The van der Waals surface area contributed by atoms with E-state index in [1.807, 2.05) is 0 Å². The number of piperazine rings is 1. The van der Waals surface area contributed by atoms with E-state index in [9.17, 15) is 13.5 Å². The van der Waals surface area contributed by atoms with Crippen LogP contribution in [0.3, 0.4) is 0 Å². The summed E-state index contributed by atoms with van der Waals surface area (Å²) in [6, 6.07) is 0. The molecule has 22 heavy (non-hydrogen) atoms. The van der Waals surface area contributed by atoms with Gasteiger partial charge in [0.25, 0.3) is 0 Å². The number of rotatable bonds is 4. The van der Waals surface area contributed by atoms with Crippen LogP contribution in [0.5, 0.6) is 0 Å². The Kier molecular flexibility index (Phi) is 4.81. The summed E-state index contributed by atoms with van der Waals surface area (Å²) in [5, 5.41) is 10.6. The monoisotopic (exact) mass is 331 g/mol. The highest BCUT2D eigenvalue weighted by Crippen LogP contribution is 2.32. The summed E-state index contributed by atoms with van der Waals surface area (Å²) < 4.78 is 26.9. The number of sulfonamides is 1. The minimum atomic E-state index is -3.21. The van der Waals surface area contributed by atoms with E-state index >= 15 is 0 Å². The Labute approximate surface area is 134 Å².